The Morgan fingerprint density at radius 2 is 1.18 bits per heavy atom. The molecular formula is C35H42N2O. The second-order valence-electron chi connectivity index (χ2n) is 11.9. The van der Waals surface area contributed by atoms with Gasteiger partial charge in [0.05, 0.1) is 0 Å². The molecule has 1 saturated carbocycles. The van der Waals surface area contributed by atoms with Gasteiger partial charge >= 0.3 is 0 Å². The van der Waals surface area contributed by atoms with E-state index in [1.807, 2.05) is 0 Å². The number of hydrogen-bond donors (Lipinski definition) is 0. The first-order valence-electron chi connectivity index (χ1n) is 14.9. The maximum atomic E-state index is 14.1. The van der Waals surface area contributed by atoms with Crippen LogP contribution in [0.2, 0.25) is 0 Å². The lowest BCUT2D eigenvalue weighted by Crippen LogP contribution is -2.40. The third-order valence-corrected chi connectivity index (χ3v) is 9.64. The van der Waals surface area contributed by atoms with Crippen LogP contribution in [0.3, 0.4) is 0 Å². The summed E-state index contributed by atoms with van der Waals surface area (Å²) in [5, 5.41) is 0. The van der Waals surface area contributed by atoms with Crippen LogP contribution in [0, 0.1) is 11.8 Å². The Labute approximate surface area is 228 Å². The molecule has 1 amide bonds. The first kappa shape index (κ1) is 25.4. The average molecular weight is 507 g/mol. The van der Waals surface area contributed by atoms with E-state index in [-0.39, 0.29) is 5.92 Å². The van der Waals surface area contributed by atoms with E-state index in [4.69, 9.17) is 0 Å². The standard InChI is InChI=1S/C35H42N2O/c38-35(33-19-11-10-18-32(33)29-14-6-2-7-15-29)37-25-31(34(26-37)30-16-8-3-9-17-30)24-36-22-20-28(21-23-36)27-12-4-1-5-13-27/h1-9,12-17,28,31-34H,10-11,18-26H2/t31?,32-,33-,34?/m1/s1. The normalized spacial score (nSPS) is 26.9. The predicted octanol–water partition coefficient (Wildman–Crippen LogP) is 7.08. The third kappa shape index (κ3) is 5.59. The molecule has 2 heterocycles. The summed E-state index contributed by atoms with van der Waals surface area (Å²) in [6.45, 7) is 5.17. The first-order chi connectivity index (χ1) is 18.8. The molecule has 198 valence electrons. The van der Waals surface area contributed by atoms with Gasteiger partial charge in [-0.2, -0.15) is 0 Å². The largest absolute Gasteiger partial charge is 0.341 e. The molecule has 3 fully saturated rings. The Hall–Kier alpha value is -2.91. The summed E-state index contributed by atoms with van der Waals surface area (Å²) in [5.41, 5.74) is 4.24. The molecule has 3 aromatic carbocycles. The summed E-state index contributed by atoms with van der Waals surface area (Å²) in [4.78, 5) is 19.0. The van der Waals surface area contributed by atoms with Crippen LogP contribution in [-0.2, 0) is 4.79 Å². The number of hydrogen-bond acceptors (Lipinski definition) is 2. The van der Waals surface area contributed by atoms with Gasteiger partial charge in [0.25, 0.3) is 0 Å². The van der Waals surface area contributed by atoms with E-state index < -0.39 is 0 Å². The fourth-order valence-corrected chi connectivity index (χ4v) is 7.58. The minimum absolute atomic E-state index is 0.128. The number of rotatable bonds is 6. The molecule has 38 heavy (non-hydrogen) atoms. The van der Waals surface area contributed by atoms with Crippen molar-refractivity contribution in [3.8, 4) is 0 Å². The van der Waals surface area contributed by atoms with E-state index in [0.29, 0.717) is 29.6 Å². The van der Waals surface area contributed by atoms with Gasteiger partial charge in [-0.05, 0) is 73.2 Å². The van der Waals surface area contributed by atoms with Crippen molar-refractivity contribution in [1.82, 2.24) is 9.80 Å². The Bertz CT molecular complexity index is 1160. The SMILES string of the molecule is O=C([C@@H]1CCCC[C@@H]1c1ccccc1)N1CC(CN2CCC(c3ccccc3)CC2)C(c2ccccc2)C1. The lowest BCUT2D eigenvalue weighted by molar-refractivity contribution is -0.136. The summed E-state index contributed by atoms with van der Waals surface area (Å²) < 4.78 is 0. The van der Waals surface area contributed by atoms with Crippen molar-refractivity contribution in [3.05, 3.63) is 108 Å². The lowest BCUT2D eigenvalue weighted by atomic mass is 9.75. The molecule has 0 radical (unpaired) electrons. The van der Waals surface area contributed by atoms with Gasteiger partial charge in [0.2, 0.25) is 5.91 Å². The second kappa shape index (κ2) is 11.9. The van der Waals surface area contributed by atoms with Gasteiger partial charge in [0, 0.05) is 31.5 Å². The summed E-state index contributed by atoms with van der Waals surface area (Å²) >= 11 is 0. The van der Waals surface area contributed by atoms with Crippen molar-refractivity contribution in [2.75, 3.05) is 32.7 Å². The zero-order valence-corrected chi connectivity index (χ0v) is 22.6. The Balaban J connectivity index is 1.15. The fourth-order valence-electron chi connectivity index (χ4n) is 7.58. The lowest BCUT2D eigenvalue weighted by Gasteiger charge is -2.35. The molecular weight excluding hydrogens is 464 g/mol. The summed E-state index contributed by atoms with van der Waals surface area (Å²) in [6, 6.07) is 32.8. The van der Waals surface area contributed by atoms with Crippen LogP contribution in [0.15, 0.2) is 91.0 Å². The van der Waals surface area contributed by atoms with Crippen molar-refractivity contribution in [1.29, 1.82) is 0 Å². The minimum atomic E-state index is 0.128. The van der Waals surface area contributed by atoms with Crippen LogP contribution >= 0.6 is 0 Å². The topological polar surface area (TPSA) is 23.6 Å². The highest BCUT2D eigenvalue weighted by molar-refractivity contribution is 5.80. The van der Waals surface area contributed by atoms with E-state index in [9.17, 15) is 4.79 Å². The maximum Gasteiger partial charge on any atom is 0.226 e. The molecule has 3 aromatic rings. The smallest absolute Gasteiger partial charge is 0.226 e. The van der Waals surface area contributed by atoms with Gasteiger partial charge in [-0.25, -0.2) is 0 Å². The molecule has 0 aromatic heterocycles. The van der Waals surface area contributed by atoms with Crippen molar-refractivity contribution in [2.24, 2.45) is 11.8 Å². The molecule has 1 aliphatic carbocycles. The number of piperidine rings is 1. The van der Waals surface area contributed by atoms with E-state index in [2.05, 4.69) is 101 Å². The molecule has 0 N–H and O–H groups in total. The van der Waals surface area contributed by atoms with Gasteiger partial charge < -0.3 is 9.80 Å². The first-order valence-corrected chi connectivity index (χ1v) is 14.9. The number of nitrogens with zero attached hydrogens (tertiary/aromatic N) is 2. The molecule has 4 atom stereocenters. The Kier molecular flexibility index (Phi) is 7.92. The van der Waals surface area contributed by atoms with Crippen LogP contribution in [-0.4, -0.2) is 48.4 Å². The molecule has 0 bridgehead atoms. The summed E-state index contributed by atoms with van der Waals surface area (Å²) in [7, 11) is 0. The highest BCUT2D eigenvalue weighted by atomic mass is 16.2. The zero-order chi connectivity index (χ0) is 25.7. The number of carbonyl (C=O) groups is 1. The van der Waals surface area contributed by atoms with E-state index in [1.54, 1.807) is 0 Å². The molecule has 2 aliphatic heterocycles. The number of carbonyl (C=O) groups excluding carboxylic acids is 1. The predicted molar refractivity (Wildman–Crippen MR) is 155 cm³/mol. The van der Waals surface area contributed by atoms with Crippen molar-refractivity contribution < 1.29 is 4.79 Å². The van der Waals surface area contributed by atoms with Gasteiger partial charge in [-0.3, -0.25) is 4.79 Å². The number of benzene rings is 3. The molecule has 2 saturated heterocycles. The zero-order valence-electron chi connectivity index (χ0n) is 22.6. The molecule has 0 spiro atoms. The van der Waals surface area contributed by atoms with Crippen LogP contribution in [0.4, 0.5) is 0 Å². The number of amides is 1. The van der Waals surface area contributed by atoms with E-state index >= 15 is 0 Å². The third-order valence-electron chi connectivity index (χ3n) is 9.64. The second-order valence-corrected chi connectivity index (χ2v) is 11.9. The highest BCUT2D eigenvalue weighted by Gasteiger charge is 2.41. The molecule has 2 unspecified atom stereocenters. The summed E-state index contributed by atoms with van der Waals surface area (Å²) in [5.74, 6) is 2.50. The van der Waals surface area contributed by atoms with Crippen LogP contribution in [0.25, 0.3) is 0 Å². The van der Waals surface area contributed by atoms with Crippen molar-refractivity contribution in [2.45, 2.75) is 56.3 Å². The summed E-state index contributed by atoms with van der Waals surface area (Å²) in [6.07, 6.45) is 7.04. The van der Waals surface area contributed by atoms with E-state index in [1.165, 1.54) is 42.4 Å². The quantitative estimate of drug-likeness (QED) is 0.357. The van der Waals surface area contributed by atoms with Gasteiger partial charge in [0.15, 0.2) is 0 Å². The molecule has 3 nitrogen and oxygen atoms in total. The fraction of sp³-hybridized carbons (Fsp3) is 0.457. The monoisotopic (exact) mass is 506 g/mol. The van der Waals surface area contributed by atoms with Crippen LogP contribution in [0.1, 0.15) is 73.0 Å². The Morgan fingerprint density at radius 1 is 0.632 bits per heavy atom. The number of likely N-dealkylation sites (tertiary alicyclic amines) is 2. The van der Waals surface area contributed by atoms with E-state index in [0.717, 1.165) is 45.6 Å². The average Bonchev–Trinajstić information content (AvgIpc) is 3.42. The highest BCUT2D eigenvalue weighted by Crippen LogP contribution is 2.41. The Morgan fingerprint density at radius 3 is 1.82 bits per heavy atom. The molecule has 3 aliphatic rings. The van der Waals surface area contributed by atoms with Crippen LogP contribution < -0.4 is 0 Å². The minimum Gasteiger partial charge on any atom is -0.341 e. The van der Waals surface area contributed by atoms with Crippen molar-refractivity contribution >= 4 is 5.91 Å². The van der Waals surface area contributed by atoms with Crippen LogP contribution in [0.5, 0.6) is 0 Å². The van der Waals surface area contributed by atoms with Gasteiger partial charge in [-0.15, -0.1) is 0 Å². The molecule has 6 rings (SSSR count). The van der Waals surface area contributed by atoms with Gasteiger partial charge in [-0.1, -0.05) is 104 Å². The maximum absolute atomic E-state index is 14.1. The molecule has 3 heteroatoms. The van der Waals surface area contributed by atoms with Crippen molar-refractivity contribution in [3.63, 3.8) is 0 Å². The van der Waals surface area contributed by atoms with Gasteiger partial charge in [0.1, 0.15) is 0 Å².